The second kappa shape index (κ2) is 8.55. The molecule has 3 aromatic heterocycles. The van der Waals surface area contributed by atoms with Crippen LogP contribution >= 0.6 is 11.3 Å². The van der Waals surface area contributed by atoms with Crippen molar-refractivity contribution < 1.29 is 18.7 Å². The highest BCUT2D eigenvalue weighted by molar-refractivity contribution is 7.16. The number of thiophene rings is 1. The van der Waals surface area contributed by atoms with Crippen LogP contribution in [-0.2, 0) is 16.0 Å². The van der Waals surface area contributed by atoms with Crippen LogP contribution in [0.4, 0.5) is 9.39 Å². The van der Waals surface area contributed by atoms with E-state index in [9.17, 15) is 14.0 Å². The van der Waals surface area contributed by atoms with Crippen molar-refractivity contribution in [2.24, 2.45) is 0 Å². The van der Waals surface area contributed by atoms with Crippen molar-refractivity contribution in [3.8, 4) is 11.3 Å². The Morgan fingerprint density at radius 2 is 1.94 bits per heavy atom. The van der Waals surface area contributed by atoms with Crippen LogP contribution in [0.25, 0.3) is 16.9 Å². The lowest BCUT2D eigenvalue weighted by Gasteiger charge is -2.08. The minimum Gasteiger partial charge on any atom is -0.465 e. The number of hydrogen-bond donors (Lipinski definition) is 1. The van der Waals surface area contributed by atoms with Gasteiger partial charge in [0.25, 0.3) is 0 Å². The van der Waals surface area contributed by atoms with E-state index in [1.165, 1.54) is 24.5 Å². The smallest absolute Gasteiger partial charge is 0.340 e. The molecule has 1 N–H and O–H groups in total. The van der Waals surface area contributed by atoms with Gasteiger partial charge in [0, 0.05) is 16.6 Å². The van der Waals surface area contributed by atoms with E-state index in [1.54, 1.807) is 25.1 Å². The van der Waals surface area contributed by atoms with Crippen LogP contribution in [0.1, 0.15) is 32.1 Å². The molecule has 0 saturated heterocycles. The molecular formula is C24H22FN3O3S. The van der Waals surface area contributed by atoms with Gasteiger partial charge in [0.2, 0.25) is 5.91 Å². The van der Waals surface area contributed by atoms with Crippen molar-refractivity contribution in [1.29, 1.82) is 0 Å². The Balaban J connectivity index is 1.74. The molecule has 8 heteroatoms. The van der Waals surface area contributed by atoms with Crippen LogP contribution in [0.2, 0.25) is 0 Å². The monoisotopic (exact) mass is 451 g/mol. The van der Waals surface area contributed by atoms with Gasteiger partial charge in [-0.2, -0.15) is 0 Å². The number of pyridine rings is 1. The molecule has 32 heavy (non-hydrogen) atoms. The molecule has 0 atom stereocenters. The maximum Gasteiger partial charge on any atom is 0.340 e. The van der Waals surface area contributed by atoms with E-state index in [0.29, 0.717) is 33.2 Å². The molecule has 164 valence electrons. The number of carbonyl (C=O) groups is 2. The molecule has 0 unspecified atom stereocenters. The molecule has 6 nitrogen and oxygen atoms in total. The van der Waals surface area contributed by atoms with E-state index in [2.05, 4.69) is 5.32 Å². The summed E-state index contributed by atoms with van der Waals surface area (Å²) in [5.41, 5.74) is 4.56. The van der Waals surface area contributed by atoms with Gasteiger partial charge in [0.1, 0.15) is 16.5 Å². The summed E-state index contributed by atoms with van der Waals surface area (Å²) in [7, 11) is 1.30. The van der Waals surface area contributed by atoms with Crippen molar-refractivity contribution in [2.45, 2.75) is 27.2 Å². The number of ether oxygens (including phenoxy) is 1. The second-order valence-corrected chi connectivity index (χ2v) is 8.88. The Labute approximate surface area is 188 Å². The lowest BCUT2D eigenvalue weighted by molar-refractivity contribution is -0.115. The van der Waals surface area contributed by atoms with Crippen molar-refractivity contribution in [1.82, 2.24) is 9.38 Å². The summed E-state index contributed by atoms with van der Waals surface area (Å²) >= 11 is 1.31. The third kappa shape index (κ3) is 4.13. The molecule has 0 aliphatic heterocycles. The largest absolute Gasteiger partial charge is 0.465 e. The van der Waals surface area contributed by atoms with Gasteiger partial charge in [-0.05, 0) is 62.2 Å². The van der Waals surface area contributed by atoms with Gasteiger partial charge in [0.05, 0.1) is 30.5 Å². The van der Waals surface area contributed by atoms with Crippen LogP contribution in [0, 0.1) is 26.6 Å². The molecule has 0 saturated carbocycles. The molecule has 4 rings (SSSR count). The van der Waals surface area contributed by atoms with Crippen molar-refractivity contribution >= 4 is 33.9 Å². The van der Waals surface area contributed by atoms with Crippen LogP contribution in [0.5, 0.6) is 0 Å². The van der Waals surface area contributed by atoms with E-state index in [0.717, 1.165) is 16.0 Å². The average Bonchev–Trinajstić information content (AvgIpc) is 3.29. The Hall–Kier alpha value is -3.52. The van der Waals surface area contributed by atoms with E-state index in [1.807, 2.05) is 36.6 Å². The maximum atomic E-state index is 13.8. The first kappa shape index (κ1) is 21.7. The summed E-state index contributed by atoms with van der Waals surface area (Å²) in [4.78, 5) is 30.7. The molecule has 0 fully saturated rings. The zero-order valence-electron chi connectivity index (χ0n) is 18.2. The normalized spacial score (nSPS) is 11.0. The van der Waals surface area contributed by atoms with Gasteiger partial charge in [-0.3, -0.25) is 4.79 Å². The van der Waals surface area contributed by atoms with Crippen LogP contribution in [0.3, 0.4) is 0 Å². The molecular weight excluding hydrogens is 429 g/mol. The van der Waals surface area contributed by atoms with Gasteiger partial charge in [-0.15, -0.1) is 11.3 Å². The number of benzene rings is 1. The lowest BCUT2D eigenvalue weighted by Crippen LogP contribution is -2.17. The number of esters is 1. The fourth-order valence-corrected chi connectivity index (χ4v) is 4.50. The predicted molar refractivity (Wildman–Crippen MR) is 123 cm³/mol. The number of imidazole rings is 1. The number of halogens is 1. The average molecular weight is 452 g/mol. The Morgan fingerprint density at radius 1 is 1.16 bits per heavy atom. The summed E-state index contributed by atoms with van der Waals surface area (Å²) in [6, 6.07) is 10.3. The topological polar surface area (TPSA) is 72.7 Å². The molecule has 0 radical (unpaired) electrons. The first-order valence-electron chi connectivity index (χ1n) is 9.99. The third-order valence-corrected chi connectivity index (χ3v) is 6.10. The highest BCUT2D eigenvalue weighted by Crippen LogP contribution is 2.30. The van der Waals surface area contributed by atoms with E-state index in [4.69, 9.17) is 9.72 Å². The van der Waals surface area contributed by atoms with Crippen LogP contribution < -0.4 is 5.32 Å². The molecule has 0 spiro atoms. The van der Waals surface area contributed by atoms with Crippen LogP contribution in [-0.4, -0.2) is 28.4 Å². The Bertz CT molecular complexity index is 1360. The number of hydrogen-bond acceptors (Lipinski definition) is 5. The third-order valence-electron chi connectivity index (χ3n) is 5.14. The minimum absolute atomic E-state index is 0.0218. The molecule has 0 aliphatic rings. The summed E-state index contributed by atoms with van der Waals surface area (Å²) in [5, 5.41) is 3.29. The number of nitrogens with zero attached hydrogens (tertiary/aromatic N) is 2. The molecule has 1 aromatic carbocycles. The number of carbonyl (C=O) groups excluding carboxylic acids is 2. The lowest BCUT2D eigenvalue weighted by atomic mass is 10.1. The Kier molecular flexibility index (Phi) is 5.80. The number of anilines is 1. The number of nitrogens with one attached hydrogen (secondary N) is 1. The minimum atomic E-state index is -0.502. The molecule has 3 heterocycles. The number of amides is 1. The van der Waals surface area contributed by atoms with Gasteiger partial charge in [-0.25, -0.2) is 14.2 Å². The predicted octanol–water partition coefficient (Wildman–Crippen LogP) is 5.09. The number of methoxy groups -OCH3 is 1. The van der Waals surface area contributed by atoms with Crippen molar-refractivity contribution in [2.75, 3.05) is 12.4 Å². The summed E-state index contributed by atoms with van der Waals surface area (Å²) in [6.07, 6.45) is 1.94. The highest BCUT2D eigenvalue weighted by atomic mass is 32.1. The van der Waals surface area contributed by atoms with Gasteiger partial charge < -0.3 is 14.5 Å². The second-order valence-electron chi connectivity index (χ2n) is 7.62. The van der Waals surface area contributed by atoms with Crippen LogP contribution in [0.15, 0.2) is 42.6 Å². The number of rotatable bonds is 5. The van der Waals surface area contributed by atoms with Crippen molar-refractivity contribution in [3.05, 3.63) is 75.7 Å². The van der Waals surface area contributed by atoms with Gasteiger partial charge >= 0.3 is 5.97 Å². The first-order valence-corrected chi connectivity index (χ1v) is 10.8. The van der Waals surface area contributed by atoms with E-state index in [-0.39, 0.29) is 18.1 Å². The van der Waals surface area contributed by atoms with E-state index >= 15 is 0 Å². The molecule has 1 amide bonds. The summed E-state index contributed by atoms with van der Waals surface area (Å²) in [6.45, 7) is 5.51. The summed E-state index contributed by atoms with van der Waals surface area (Å²) < 4.78 is 20.5. The van der Waals surface area contributed by atoms with Gasteiger partial charge in [0.15, 0.2) is 0 Å². The van der Waals surface area contributed by atoms with Gasteiger partial charge in [-0.1, -0.05) is 6.07 Å². The SMILES string of the molecule is COC(=O)c1cc(C)sc1NC(=O)Cc1c(-c2ccc(F)c(C)c2)nc2ccc(C)cn12. The highest BCUT2D eigenvalue weighted by Gasteiger charge is 2.21. The molecule has 4 aromatic rings. The standard InChI is InChI=1S/C24H22FN3O3S/c1-13-5-8-20-26-22(16-6-7-18(25)14(2)9-16)19(28(20)12-13)11-21(29)27-23-17(24(30)31-4)10-15(3)32-23/h5-10,12H,11H2,1-4H3,(H,27,29). The zero-order valence-corrected chi connectivity index (χ0v) is 19.0. The molecule has 0 aliphatic carbocycles. The number of aryl methyl sites for hydroxylation is 3. The van der Waals surface area contributed by atoms with E-state index < -0.39 is 5.97 Å². The Morgan fingerprint density at radius 3 is 2.66 bits per heavy atom. The fraction of sp³-hybridized carbons (Fsp3) is 0.208. The molecule has 0 bridgehead atoms. The quantitative estimate of drug-likeness (QED) is 0.429. The summed E-state index contributed by atoms with van der Waals surface area (Å²) in [5.74, 6) is -1.09. The zero-order chi connectivity index (χ0) is 23.0. The first-order chi connectivity index (χ1) is 15.3. The van der Waals surface area contributed by atoms with Crippen molar-refractivity contribution in [3.63, 3.8) is 0 Å². The fourth-order valence-electron chi connectivity index (χ4n) is 3.58. The number of fused-ring (bicyclic) bond motifs is 1. The number of aromatic nitrogens is 2. The maximum absolute atomic E-state index is 13.8.